The second kappa shape index (κ2) is 19.6. The highest BCUT2D eigenvalue weighted by atomic mass is 79.9. The lowest BCUT2D eigenvalue weighted by Gasteiger charge is -2.32. The Balaban J connectivity index is 1.03. The van der Waals surface area contributed by atoms with Gasteiger partial charge in [-0.05, 0) is 119 Å². The summed E-state index contributed by atoms with van der Waals surface area (Å²) >= 11 is 7.11. The first kappa shape index (κ1) is 46.3. The molecule has 0 spiro atoms. The molecule has 2 saturated carbocycles. The molecule has 2 aliphatic carbocycles. The van der Waals surface area contributed by atoms with Gasteiger partial charge >= 0.3 is 19.2 Å². The number of benzene rings is 1. The molecule has 0 unspecified atom stereocenters. The third-order valence-corrected chi connectivity index (χ3v) is 14.4. The number of ether oxygens (including phenoxy) is 3. The summed E-state index contributed by atoms with van der Waals surface area (Å²) in [4.78, 5) is 61.1. The molecule has 4 fully saturated rings. The zero-order chi connectivity index (χ0) is 44.2. The van der Waals surface area contributed by atoms with Gasteiger partial charge in [0.05, 0.1) is 29.9 Å². The summed E-state index contributed by atoms with van der Waals surface area (Å²) in [5.74, 6) is 0.479. The molecule has 0 radical (unpaired) electrons. The van der Waals surface area contributed by atoms with E-state index in [-0.39, 0.29) is 61.5 Å². The van der Waals surface area contributed by atoms with Crippen LogP contribution >= 0.6 is 31.9 Å². The van der Waals surface area contributed by atoms with Crippen molar-refractivity contribution in [3.63, 3.8) is 0 Å². The molecule has 0 bridgehead atoms. The van der Waals surface area contributed by atoms with E-state index in [1.54, 1.807) is 0 Å². The third-order valence-electron chi connectivity index (χ3n) is 13.1. The summed E-state index contributed by atoms with van der Waals surface area (Å²) in [5.41, 5.74) is -1.59. The van der Waals surface area contributed by atoms with Gasteiger partial charge in [0.2, 0.25) is 17.7 Å². The smallest absolute Gasteiger partial charge is 0.486 e. The van der Waals surface area contributed by atoms with Crippen molar-refractivity contribution >= 4 is 73.8 Å². The van der Waals surface area contributed by atoms with Gasteiger partial charge in [-0.1, -0.05) is 65.1 Å². The van der Waals surface area contributed by atoms with Crippen LogP contribution in [0.4, 0.5) is 4.79 Å². The van der Waals surface area contributed by atoms with E-state index >= 15 is 0 Å². The highest BCUT2D eigenvalue weighted by Gasteiger charge is 2.61. The van der Waals surface area contributed by atoms with E-state index in [1.807, 2.05) is 70.1 Å². The molecular formula is C45H59BBr2N4O10. The Morgan fingerprint density at radius 2 is 1.87 bits per heavy atom. The summed E-state index contributed by atoms with van der Waals surface area (Å²) in [5, 5.41) is 17.5. The number of unbranched alkanes of at least 4 members (excludes halogenated alkanes) is 1. The number of alkyl halides is 1. The van der Waals surface area contributed by atoms with Gasteiger partial charge in [0, 0.05) is 23.1 Å². The number of nitrogens with zero attached hydrogens (tertiary/aromatic N) is 2. The second-order valence-corrected chi connectivity index (χ2v) is 19.8. The maximum absolute atomic E-state index is 14.6. The number of hydrogen-bond acceptors (Lipinski definition) is 10. The molecular weight excluding hydrogens is 927 g/mol. The Kier molecular flexibility index (Phi) is 14.7. The fourth-order valence-electron chi connectivity index (χ4n) is 8.54. The zero-order valence-electron chi connectivity index (χ0n) is 36.0. The Labute approximate surface area is 381 Å². The molecule has 1 aromatic carbocycles. The van der Waals surface area contributed by atoms with E-state index in [0.717, 1.165) is 62.1 Å². The van der Waals surface area contributed by atoms with E-state index in [4.69, 9.17) is 28.5 Å². The lowest BCUT2D eigenvalue weighted by molar-refractivity contribution is -0.145. The van der Waals surface area contributed by atoms with Crippen molar-refractivity contribution in [2.45, 2.75) is 146 Å². The number of para-hydroxylation sites is 1. The molecule has 1 aromatic heterocycles. The molecule has 7 rings (SSSR count). The van der Waals surface area contributed by atoms with Crippen molar-refractivity contribution in [3.8, 4) is 11.6 Å². The van der Waals surface area contributed by atoms with E-state index in [9.17, 15) is 24.3 Å². The molecule has 336 valence electrons. The number of allylic oxidation sites excluding steroid dienone is 2. The molecule has 3 amide bonds. The average molecular weight is 987 g/mol. The lowest BCUT2D eigenvalue weighted by atomic mass is 9.89. The predicted octanol–water partition coefficient (Wildman–Crippen LogP) is 7.83. The first-order chi connectivity index (χ1) is 29.6. The maximum Gasteiger partial charge on any atom is 0.486 e. The summed E-state index contributed by atoms with van der Waals surface area (Å²) in [6, 6.07) is 5.50. The van der Waals surface area contributed by atoms with Crippen LogP contribution in [0.25, 0.3) is 10.9 Å². The zero-order valence-corrected chi connectivity index (χ0v) is 39.2. The number of carbonyl (C=O) groups excluding carboxylic acids is 3. The Bertz CT molecular complexity index is 2040. The van der Waals surface area contributed by atoms with Crippen molar-refractivity contribution in [3.05, 3.63) is 52.9 Å². The molecule has 17 heteroatoms. The predicted molar refractivity (Wildman–Crippen MR) is 241 cm³/mol. The number of aliphatic carboxylic acids is 1. The minimum Gasteiger partial charge on any atom is -0.491 e. The van der Waals surface area contributed by atoms with Gasteiger partial charge in [-0.3, -0.25) is 9.59 Å². The maximum atomic E-state index is 14.6. The largest absolute Gasteiger partial charge is 0.491 e. The topological polar surface area (TPSA) is 175 Å². The number of halogens is 2. The molecule has 3 N–H and O–H groups in total. The Hall–Kier alpha value is -3.67. The first-order valence-electron chi connectivity index (χ1n) is 22.1. The third kappa shape index (κ3) is 10.6. The number of pyridine rings is 1. The van der Waals surface area contributed by atoms with Crippen LogP contribution in [0.5, 0.6) is 11.6 Å². The van der Waals surface area contributed by atoms with Crippen LogP contribution in [0.2, 0.25) is 0 Å². The highest BCUT2D eigenvalue weighted by Crippen LogP contribution is 2.46. The number of hydrogen-bond donors (Lipinski definition) is 3. The van der Waals surface area contributed by atoms with Crippen LogP contribution in [0, 0.1) is 11.8 Å². The Morgan fingerprint density at radius 1 is 1.10 bits per heavy atom. The normalized spacial score (nSPS) is 29.3. The van der Waals surface area contributed by atoms with Crippen molar-refractivity contribution in [2.24, 2.45) is 11.8 Å². The Morgan fingerprint density at radius 3 is 2.63 bits per heavy atom. The fourth-order valence-corrected chi connectivity index (χ4v) is 9.28. The standard InChI is InChI=1S/C45H59BBr2N4O10/c1-43(2)44(3,4)62-46(61-43)21-14-8-9-16-28-24-35(28)60-42(57)50-33-20-11-7-5-6-10-17-29-26-45(29,41(55)56)51-38(53)34-25-30(27-52(34)40(33)54)59-39-36(48)37(58-23-15-22-47)31-18-12-13-19-32(31)49-39/h10,12-14,17-19,21,28-30,33-35H,5-9,11,15-16,20,22-27H2,1-4H3,(H,50,57)(H,51,53)(H,55,56)/t28-,29-,30-,33+,34+,35-,45-/m1/s1. The van der Waals surface area contributed by atoms with Gasteiger partial charge in [-0.15, -0.1) is 0 Å². The number of carboxylic acids is 1. The molecule has 2 aromatic rings. The van der Waals surface area contributed by atoms with Crippen molar-refractivity contribution in [1.29, 1.82) is 0 Å². The van der Waals surface area contributed by atoms with Crippen molar-refractivity contribution in [2.75, 3.05) is 18.5 Å². The minimum atomic E-state index is -1.46. The number of aromatic nitrogens is 1. The van der Waals surface area contributed by atoms with Gasteiger partial charge in [0.25, 0.3) is 0 Å². The number of carboxylic acid groups (broad SMARTS) is 1. The van der Waals surface area contributed by atoms with Crippen LogP contribution in [0.1, 0.15) is 105 Å². The van der Waals surface area contributed by atoms with Crippen molar-refractivity contribution in [1.82, 2.24) is 20.5 Å². The van der Waals surface area contributed by atoms with Crippen LogP contribution in [0.3, 0.4) is 0 Å². The van der Waals surface area contributed by atoms with E-state index in [2.05, 4.69) is 48.6 Å². The number of alkyl carbamates (subject to hydrolysis) is 1. The summed E-state index contributed by atoms with van der Waals surface area (Å²) in [6.07, 6.45) is 12.2. The summed E-state index contributed by atoms with van der Waals surface area (Å²) in [7, 11) is -0.379. The molecule has 5 aliphatic rings. The molecule has 4 heterocycles. The van der Waals surface area contributed by atoms with Gasteiger partial charge in [-0.2, -0.15) is 0 Å². The summed E-state index contributed by atoms with van der Waals surface area (Å²) < 4.78 is 31.1. The van der Waals surface area contributed by atoms with E-state index in [1.165, 1.54) is 4.90 Å². The van der Waals surface area contributed by atoms with Crippen molar-refractivity contribution < 1.29 is 47.8 Å². The van der Waals surface area contributed by atoms with E-state index < -0.39 is 47.6 Å². The minimum absolute atomic E-state index is 0.00192. The number of rotatable bonds is 14. The number of amides is 3. The number of nitrogens with one attached hydrogen (secondary N) is 2. The van der Waals surface area contributed by atoms with Crippen LogP contribution < -0.4 is 20.1 Å². The summed E-state index contributed by atoms with van der Waals surface area (Å²) in [6.45, 7) is 8.56. The second-order valence-electron chi connectivity index (χ2n) is 18.2. The first-order valence-corrected chi connectivity index (χ1v) is 24.0. The van der Waals surface area contributed by atoms with Gasteiger partial charge in [0.15, 0.2) is 0 Å². The van der Waals surface area contributed by atoms with Crippen LogP contribution in [-0.4, -0.2) is 106 Å². The molecule has 3 aliphatic heterocycles. The monoisotopic (exact) mass is 984 g/mol. The lowest BCUT2D eigenvalue weighted by Crippen LogP contribution is -2.56. The number of carbonyl (C=O) groups is 4. The highest BCUT2D eigenvalue weighted by molar-refractivity contribution is 9.10. The van der Waals surface area contributed by atoms with Gasteiger partial charge in [0.1, 0.15) is 40.1 Å². The van der Waals surface area contributed by atoms with Gasteiger partial charge in [-0.25, -0.2) is 14.6 Å². The van der Waals surface area contributed by atoms with E-state index in [0.29, 0.717) is 35.2 Å². The molecule has 14 nitrogen and oxygen atoms in total. The molecule has 2 saturated heterocycles. The molecule has 62 heavy (non-hydrogen) atoms. The quantitative estimate of drug-likeness (QED) is 0.0729. The SMILES string of the molecule is CC1(C)OB(C=CCCC[C@@H]2C[C@H]2OC(=O)N[C@H]2CCCCCC=C[C@@H]3C[C@@]3(C(=O)O)NC(=O)[C@@H]3C[C@@H](Oc4nc5ccccc5c(OCCCBr)c4Br)CN3C2=O)OC1(C)C. The fraction of sp³-hybridized carbons (Fsp3) is 0.622. The van der Waals surface area contributed by atoms with Crippen LogP contribution in [-0.2, 0) is 28.4 Å². The number of fused-ring (bicyclic) bond motifs is 3. The molecule has 7 atom stereocenters. The van der Waals surface area contributed by atoms with Gasteiger partial charge < -0.3 is 44.2 Å². The van der Waals surface area contributed by atoms with Crippen LogP contribution in [0.15, 0.2) is 52.9 Å². The average Bonchev–Trinajstić information content (AvgIpc) is 4.06.